The van der Waals surface area contributed by atoms with Gasteiger partial charge in [0.15, 0.2) is 0 Å². The lowest BCUT2D eigenvalue weighted by atomic mass is 10.2. The molecule has 0 bridgehead atoms. The van der Waals surface area contributed by atoms with Gasteiger partial charge in [0.1, 0.15) is 4.99 Å². The van der Waals surface area contributed by atoms with Crippen LogP contribution in [0.2, 0.25) is 0 Å². The number of hydrogen-bond donors (Lipinski definition) is 2. The summed E-state index contributed by atoms with van der Waals surface area (Å²) < 4.78 is 32.3. The Balaban J connectivity index is 2.65. The van der Waals surface area contributed by atoms with Gasteiger partial charge in [-0.3, -0.25) is 23.8 Å². The molecule has 1 unspecified atom stereocenters. The highest BCUT2D eigenvalue weighted by Crippen LogP contribution is 2.35. The molecule has 0 spiro atoms. The molecule has 0 aromatic rings. The molecule has 0 saturated carbocycles. The van der Waals surface area contributed by atoms with Gasteiger partial charge >= 0.3 is 0 Å². The zero-order valence-corrected chi connectivity index (χ0v) is 10.5. The molecule has 2 fully saturated rings. The van der Waals surface area contributed by atoms with E-state index in [2.05, 4.69) is 0 Å². The predicted octanol–water partition coefficient (Wildman–Crippen LogP) is -1.43. The minimum atomic E-state index is -4.94. The summed E-state index contributed by atoms with van der Waals surface area (Å²) in [6.07, 6.45) is -1.12. The summed E-state index contributed by atoms with van der Waals surface area (Å²) in [5.74, 6) is -2.34. The first kappa shape index (κ1) is 13.1. The van der Waals surface area contributed by atoms with Gasteiger partial charge in [0.2, 0.25) is 22.6 Å². The van der Waals surface area contributed by atoms with Crippen LogP contribution < -0.4 is 5.32 Å². The van der Waals surface area contributed by atoms with Gasteiger partial charge in [0.25, 0.3) is 10.1 Å². The van der Waals surface area contributed by atoms with Gasteiger partial charge in [-0.2, -0.15) is 8.42 Å². The summed E-state index contributed by atoms with van der Waals surface area (Å²) in [4.78, 5) is 31.8. The highest BCUT2D eigenvalue weighted by atomic mass is 32.2. The number of imide groups is 1. The molecular formula is C8H8N2O6S2. The Bertz CT molecular complexity index is 566. The van der Waals surface area contributed by atoms with E-state index >= 15 is 0 Å². The molecule has 98 valence electrons. The number of hydrogen-bond acceptors (Lipinski definition) is 6. The van der Waals surface area contributed by atoms with Crippen molar-refractivity contribution in [2.45, 2.75) is 24.1 Å². The number of thiocarbonyl (C=S) groups is 1. The minimum absolute atomic E-state index is 0.174. The number of nitrogens with one attached hydrogen (secondary N) is 1. The summed E-state index contributed by atoms with van der Waals surface area (Å²) in [6, 6.07) is 0. The predicted molar refractivity (Wildman–Crippen MR) is 60.7 cm³/mol. The number of rotatable bonds is 2. The van der Waals surface area contributed by atoms with Crippen molar-refractivity contribution in [3.63, 3.8) is 0 Å². The van der Waals surface area contributed by atoms with Crippen LogP contribution in [0.5, 0.6) is 0 Å². The molecule has 10 heteroatoms. The van der Waals surface area contributed by atoms with Gasteiger partial charge < -0.3 is 5.32 Å². The Morgan fingerprint density at radius 1 is 1.22 bits per heavy atom. The molecular weight excluding hydrogens is 284 g/mol. The second-order valence-electron chi connectivity index (χ2n) is 3.94. The molecule has 18 heavy (non-hydrogen) atoms. The fraction of sp³-hybridized carbons (Fsp3) is 0.500. The van der Waals surface area contributed by atoms with Crippen LogP contribution >= 0.6 is 12.2 Å². The summed E-state index contributed by atoms with van der Waals surface area (Å²) in [5.41, 5.74) is 0. The fourth-order valence-corrected chi connectivity index (χ4v) is 3.68. The number of carbonyl (C=O) groups excluding carboxylic acids is 3. The van der Waals surface area contributed by atoms with E-state index in [1.807, 2.05) is 5.32 Å². The first-order valence-electron chi connectivity index (χ1n) is 4.87. The second-order valence-corrected chi connectivity index (χ2v) is 5.97. The number of likely N-dealkylation sites (tertiary alicyclic amines) is 1. The van der Waals surface area contributed by atoms with Crippen molar-refractivity contribution < 1.29 is 27.4 Å². The fourth-order valence-electron chi connectivity index (χ4n) is 2.05. The molecule has 3 amide bonds. The summed E-state index contributed by atoms with van der Waals surface area (Å²) in [7, 11) is -4.94. The molecule has 2 saturated heterocycles. The van der Waals surface area contributed by atoms with E-state index in [9.17, 15) is 27.4 Å². The SMILES string of the molecule is O=C1CC(N2C(=O)CCC2=O)(S(=O)(=O)O)C(=S)N1. The molecule has 0 aliphatic carbocycles. The summed E-state index contributed by atoms with van der Waals surface area (Å²) in [5, 5.41) is 2.04. The Kier molecular flexibility index (Phi) is 2.76. The van der Waals surface area contributed by atoms with E-state index in [-0.39, 0.29) is 12.8 Å². The summed E-state index contributed by atoms with van der Waals surface area (Å²) >= 11 is 4.70. The van der Waals surface area contributed by atoms with Crippen molar-refractivity contribution >= 4 is 45.0 Å². The lowest BCUT2D eigenvalue weighted by Crippen LogP contribution is -2.60. The van der Waals surface area contributed by atoms with Crippen molar-refractivity contribution in [3.05, 3.63) is 0 Å². The maximum atomic E-state index is 11.6. The van der Waals surface area contributed by atoms with E-state index in [0.717, 1.165) is 0 Å². The molecule has 2 rings (SSSR count). The van der Waals surface area contributed by atoms with E-state index in [0.29, 0.717) is 4.90 Å². The van der Waals surface area contributed by atoms with E-state index in [1.165, 1.54) is 0 Å². The number of nitrogens with zero attached hydrogens (tertiary/aromatic N) is 1. The van der Waals surface area contributed by atoms with Crippen LogP contribution in [-0.2, 0) is 24.5 Å². The van der Waals surface area contributed by atoms with Gasteiger partial charge in [-0.15, -0.1) is 0 Å². The molecule has 2 heterocycles. The highest BCUT2D eigenvalue weighted by Gasteiger charge is 2.62. The molecule has 0 radical (unpaired) electrons. The third-order valence-electron chi connectivity index (χ3n) is 2.85. The van der Waals surface area contributed by atoms with Gasteiger partial charge in [-0.1, -0.05) is 12.2 Å². The van der Waals surface area contributed by atoms with E-state index in [4.69, 9.17) is 12.2 Å². The quantitative estimate of drug-likeness (QED) is 0.363. The molecule has 2 aliphatic heterocycles. The smallest absolute Gasteiger partial charge is 0.297 e. The topological polar surface area (TPSA) is 121 Å². The van der Waals surface area contributed by atoms with Crippen LogP contribution in [0.25, 0.3) is 0 Å². The van der Waals surface area contributed by atoms with Crippen LogP contribution in [0, 0.1) is 0 Å². The van der Waals surface area contributed by atoms with Crippen LogP contribution in [0.3, 0.4) is 0 Å². The minimum Gasteiger partial charge on any atom is -0.317 e. The standard InChI is InChI=1S/C8H8N2O6S2/c11-4-3-8(7(17)9-4,18(14,15)16)10-5(12)1-2-6(10)13/h1-3H2,(H,9,11,17)(H,14,15,16). The molecule has 2 N–H and O–H groups in total. The molecule has 0 aromatic heterocycles. The largest absolute Gasteiger partial charge is 0.317 e. The Hall–Kier alpha value is -1.39. The number of carbonyl (C=O) groups is 3. The lowest BCUT2D eigenvalue weighted by Gasteiger charge is -2.32. The highest BCUT2D eigenvalue weighted by molar-refractivity contribution is 7.91. The van der Waals surface area contributed by atoms with Crippen molar-refractivity contribution in [2.75, 3.05) is 0 Å². The van der Waals surface area contributed by atoms with Crippen molar-refractivity contribution in [2.24, 2.45) is 0 Å². The summed E-state index contributed by atoms with van der Waals surface area (Å²) in [6.45, 7) is 0. The van der Waals surface area contributed by atoms with E-state index < -0.39 is 44.1 Å². The number of amides is 3. The molecule has 8 nitrogen and oxygen atoms in total. The maximum Gasteiger partial charge on any atom is 0.297 e. The Labute approximate surface area is 107 Å². The lowest BCUT2D eigenvalue weighted by molar-refractivity contribution is -0.141. The van der Waals surface area contributed by atoms with Gasteiger partial charge in [0, 0.05) is 12.8 Å². The van der Waals surface area contributed by atoms with Gasteiger partial charge in [-0.05, 0) is 0 Å². The Morgan fingerprint density at radius 2 is 1.72 bits per heavy atom. The maximum absolute atomic E-state index is 11.6. The van der Waals surface area contributed by atoms with Crippen molar-refractivity contribution in [1.82, 2.24) is 10.2 Å². The van der Waals surface area contributed by atoms with Crippen LogP contribution in [0.4, 0.5) is 0 Å². The van der Waals surface area contributed by atoms with Crippen molar-refractivity contribution in [1.29, 1.82) is 0 Å². The van der Waals surface area contributed by atoms with Crippen LogP contribution in [-0.4, -0.2) is 45.5 Å². The molecule has 2 aliphatic rings. The zero-order chi connectivity index (χ0) is 13.7. The third-order valence-corrected chi connectivity index (χ3v) is 4.80. The average molecular weight is 292 g/mol. The monoisotopic (exact) mass is 292 g/mol. The third kappa shape index (κ3) is 1.56. The van der Waals surface area contributed by atoms with Crippen LogP contribution in [0.1, 0.15) is 19.3 Å². The Morgan fingerprint density at radius 3 is 2.06 bits per heavy atom. The average Bonchev–Trinajstić information content (AvgIpc) is 2.67. The first-order chi connectivity index (χ1) is 8.20. The zero-order valence-electron chi connectivity index (χ0n) is 8.87. The molecule has 1 atom stereocenters. The van der Waals surface area contributed by atoms with Crippen molar-refractivity contribution in [3.8, 4) is 0 Å². The molecule has 0 aromatic carbocycles. The normalized spacial score (nSPS) is 29.1. The second kappa shape index (κ2) is 3.80. The van der Waals surface area contributed by atoms with E-state index in [1.54, 1.807) is 0 Å². The van der Waals surface area contributed by atoms with Gasteiger partial charge in [-0.25, -0.2) is 0 Å². The first-order valence-corrected chi connectivity index (χ1v) is 6.72. The van der Waals surface area contributed by atoms with Crippen LogP contribution in [0.15, 0.2) is 0 Å². The van der Waals surface area contributed by atoms with Gasteiger partial charge in [0.05, 0.1) is 6.42 Å².